The molecule has 2 aromatic heterocycles. The predicted molar refractivity (Wildman–Crippen MR) is 130 cm³/mol. The third kappa shape index (κ3) is 5.04. The molecule has 0 spiro atoms. The molecule has 0 aliphatic carbocycles. The van der Waals surface area contributed by atoms with E-state index >= 15 is 0 Å². The molecule has 4 rings (SSSR count). The minimum Gasteiger partial charge on any atom is -0.494 e. The summed E-state index contributed by atoms with van der Waals surface area (Å²) >= 11 is 1.44. The van der Waals surface area contributed by atoms with Crippen LogP contribution in [0.3, 0.4) is 0 Å². The molecule has 9 heteroatoms. The molecule has 170 valence electrons. The lowest BCUT2D eigenvalue weighted by molar-refractivity contribution is -0.118. The number of benzene rings is 2. The van der Waals surface area contributed by atoms with E-state index in [9.17, 15) is 13.2 Å². The van der Waals surface area contributed by atoms with Crippen LogP contribution in [0.1, 0.15) is 16.7 Å². The van der Waals surface area contributed by atoms with Gasteiger partial charge in [-0.1, -0.05) is 29.5 Å². The van der Waals surface area contributed by atoms with Gasteiger partial charge in [-0.05, 0) is 53.9 Å². The summed E-state index contributed by atoms with van der Waals surface area (Å²) in [5.41, 5.74) is 3.43. The summed E-state index contributed by atoms with van der Waals surface area (Å²) in [6.45, 7) is 2.34. The molecule has 2 heterocycles. The number of nitrogens with zero attached hydrogens (tertiary/aromatic N) is 3. The Morgan fingerprint density at radius 3 is 2.36 bits per heavy atom. The molecule has 33 heavy (non-hydrogen) atoms. The fourth-order valence-corrected chi connectivity index (χ4v) is 5.13. The molecular weight excluding hydrogens is 458 g/mol. The molecule has 0 atom stereocenters. The zero-order chi connectivity index (χ0) is 23.6. The Morgan fingerprint density at radius 2 is 1.73 bits per heavy atom. The highest BCUT2D eigenvalue weighted by molar-refractivity contribution is 7.90. The fourth-order valence-electron chi connectivity index (χ4n) is 3.44. The molecule has 0 aliphatic heterocycles. The molecule has 0 fully saturated rings. The van der Waals surface area contributed by atoms with Crippen LogP contribution >= 0.6 is 11.3 Å². The maximum Gasteiger partial charge on any atom is 0.233 e. The zero-order valence-electron chi connectivity index (χ0n) is 18.5. The summed E-state index contributed by atoms with van der Waals surface area (Å²) in [6.07, 6.45) is 4.65. The highest BCUT2D eigenvalue weighted by Gasteiger charge is 2.22. The number of carbonyl (C=O) groups excluding carboxylic acids is 1. The van der Waals surface area contributed by atoms with E-state index in [2.05, 4.69) is 4.98 Å². The normalized spacial score (nSPS) is 11.5. The monoisotopic (exact) mass is 481 g/mol. The van der Waals surface area contributed by atoms with Gasteiger partial charge in [0, 0.05) is 18.6 Å². The van der Waals surface area contributed by atoms with Crippen molar-refractivity contribution in [2.45, 2.75) is 24.8 Å². The number of hydrogen-bond donors (Lipinski definition) is 0. The van der Waals surface area contributed by atoms with E-state index in [1.54, 1.807) is 36.5 Å². The first-order chi connectivity index (χ1) is 15.8. The van der Waals surface area contributed by atoms with Gasteiger partial charge in [0.2, 0.25) is 5.91 Å². The number of ether oxygens (including phenoxy) is 1. The van der Waals surface area contributed by atoms with Crippen LogP contribution in [0, 0.1) is 6.92 Å². The minimum absolute atomic E-state index is 0.112. The topological polar surface area (TPSA) is 89.5 Å². The average molecular weight is 482 g/mol. The third-order valence-electron chi connectivity index (χ3n) is 5.24. The van der Waals surface area contributed by atoms with E-state index in [1.807, 2.05) is 31.2 Å². The lowest BCUT2D eigenvalue weighted by atomic mass is 10.1. The third-order valence-corrected chi connectivity index (χ3v) is 7.58. The van der Waals surface area contributed by atoms with Crippen molar-refractivity contribution in [2.75, 3.05) is 18.3 Å². The summed E-state index contributed by atoms with van der Waals surface area (Å²) in [5.74, 6) is 0.514. The van der Waals surface area contributed by atoms with Crippen LogP contribution in [0.5, 0.6) is 5.75 Å². The van der Waals surface area contributed by atoms with Gasteiger partial charge < -0.3 is 4.74 Å². The Bertz CT molecular complexity index is 1400. The number of fused-ring (bicyclic) bond motifs is 1. The van der Waals surface area contributed by atoms with Crippen molar-refractivity contribution in [3.8, 4) is 5.75 Å². The quantitative estimate of drug-likeness (QED) is 0.393. The van der Waals surface area contributed by atoms with Crippen molar-refractivity contribution < 1.29 is 17.9 Å². The molecule has 0 radical (unpaired) electrons. The van der Waals surface area contributed by atoms with E-state index < -0.39 is 9.84 Å². The van der Waals surface area contributed by atoms with Crippen molar-refractivity contribution in [2.24, 2.45) is 0 Å². The lowest BCUT2D eigenvalue weighted by Gasteiger charge is -2.20. The number of carbonyl (C=O) groups is 1. The van der Waals surface area contributed by atoms with Gasteiger partial charge in [0.05, 0.1) is 29.7 Å². The number of hydrogen-bond acceptors (Lipinski definition) is 7. The Hall–Kier alpha value is -3.30. The van der Waals surface area contributed by atoms with Gasteiger partial charge in [0.15, 0.2) is 15.0 Å². The molecule has 0 saturated carbocycles. The molecule has 4 aromatic rings. The molecule has 7 nitrogen and oxygen atoms in total. The first kappa shape index (κ1) is 22.9. The van der Waals surface area contributed by atoms with Gasteiger partial charge >= 0.3 is 0 Å². The molecule has 2 aromatic carbocycles. The van der Waals surface area contributed by atoms with Crippen LogP contribution in [0.4, 0.5) is 5.13 Å². The lowest BCUT2D eigenvalue weighted by Crippen LogP contribution is -2.31. The van der Waals surface area contributed by atoms with Gasteiger partial charge in [-0.25, -0.2) is 13.4 Å². The van der Waals surface area contributed by atoms with Gasteiger partial charge in [-0.2, -0.15) is 0 Å². The van der Waals surface area contributed by atoms with Gasteiger partial charge in [0.1, 0.15) is 11.3 Å². The van der Waals surface area contributed by atoms with Crippen LogP contribution in [0.2, 0.25) is 0 Å². The van der Waals surface area contributed by atoms with Crippen molar-refractivity contribution in [3.05, 3.63) is 77.6 Å². The van der Waals surface area contributed by atoms with Crippen LogP contribution in [0.15, 0.2) is 65.8 Å². The Kier molecular flexibility index (Phi) is 6.44. The van der Waals surface area contributed by atoms with Crippen LogP contribution in [-0.2, 0) is 27.6 Å². The fraction of sp³-hybridized carbons (Fsp3) is 0.208. The first-order valence-corrected chi connectivity index (χ1v) is 12.9. The molecule has 0 aliphatic rings. The number of rotatable bonds is 7. The SMILES string of the molecule is COc1ccc(C)c2sc(N(Cc3ccncc3)C(=O)Cc3ccc(S(C)(=O)=O)cc3)nc12. The van der Waals surface area contributed by atoms with Crippen molar-refractivity contribution in [1.82, 2.24) is 9.97 Å². The molecule has 0 unspecified atom stereocenters. The highest BCUT2D eigenvalue weighted by Crippen LogP contribution is 2.37. The van der Waals surface area contributed by atoms with E-state index in [4.69, 9.17) is 9.72 Å². The minimum atomic E-state index is -3.30. The Morgan fingerprint density at radius 1 is 1.03 bits per heavy atom. The second-order valence-corrected chi connectivity index (χ2v) is 10.7. The maximum absolute atomic E-state index is 13.4. The number of thiazole rings is 1. The molecule has 0 bridgehead atoms. The van der Waals surface area contributed by atoms with Crippen LogP contribution < -0.4 is 9.64 Å². The van der Waals surface area contributed by atoms with Crippen molar-refractivity contribution >= 4 is 42.4 Å². The molecule has 0 saturated heterocycles. The Balaban J connectivity index is 1.70. The van der Waals surface area contributed by atoms with E-state index in [0.717, 1.165) is 33.2 Å². The number of anilines is 1. The number of aromatic nitrogens is 2. The van der Waals surface area contributed by atoms with Gasteiger partial charge in [-0.3, -0.25) is 14.7 Å². The predicted octanol–water partition coefficient (Wildman–Crippen LogP) is 4.19. The summed E-state index contributed by atoms with van der Waals surface area (Å²) in [5, 5.41) is 0.576. The zero-order valence-corrected chi connectivity index (χ0v) is 20.1. The largest absolute Gasteiger partial charge is 0.494 e. The molecule has 1 amide bonds. The van der Waals surface area contributed by atoms with Gasteiger partial charge in [0.25, 0.3) is 0 Å². The van der Waals surface area contributed by atoms with Crippen molar-refractivity contribution in [3.63, 3.8) is 0 Å². The Labute approximate surface area is 196 Å². The number of pyridine rings is 1. The average Bonchev–Trinajstić information content (AvgIpc) is 3.24. The second-order valence-electron chi connectivity index (χ2n) is 7.69. The van der Waals surface area contributed by atoms with Crippen LogP contribution in [-0.4, -0.2) is 37.7 Å². The summed E-state index contributed by atoms with van der Waals surface area (Å²) in [6, 6.07) is 14.0. The number of sulfone groups is 1. The first-order valence-electron chi connectivity index (χ1n) is 10.2. The van der Waals surface area contributed by atoms with E-state index in [1.165, 1.54) is 23.5 Å². The van der Waals surface area contributed by atoms with E-state index in [0.29, 0.717) is 17.4 Å². The van der Waals surface area contributed by atoms with Crippen molar-refractivity contribution in [1.29, 1.82) is 0 Å². The molecular formula is C24H23N3O4S2. The summed E-state index contributed by atoms with van der Waals surface area (Å²) in [7, 11) is -1.69. The number of methoxy groups -OCH3 is 1. The second kappa shape index (κ2) is 9.29. The van der Waals surface area contributed by atoms with Crippen LogP contribution in [0.25, 0.3) is 10.2 Å². The summed E-state index contributed by atoms with van der Waals surface area (Å²) in [4.78, 5) is 24.1. The number of aryl methyl sites for hydroxylation is 1. The summed E-state index contributed by atoms with van der Waals surface area (Å²) < 4.78 is 29.9. The standard InChI is InChI=1S/C24H23N3O4S2/c1-16-4-9-20(31-2)22-23(16)32-24(26-22)27(15-18-10-12-25-13-11-18)21(28)14-17-5-7-19(8-6-17)33(3,29)30/h4-13H,14-15H2,1-3H3. The molecule has 0 N–H and O–H groups in total. The maximum atomic E-state index is 13.4. The highest BCUT2D eigenvalue weighted by atomic mass is 32.2. The van der Waals surface area contributed by atoms with E-state index in [-0.39, 0.29) is 17.2 Å². The number of amides is 1. The smallest absolute Gasteiger partial charge is 0.233 e. The van der Waals surface area contributed by atoms with Gasteiger partial charge in [-0.15, -0.1) is 0 Å².